The van der Waals surface area contributed by atoms with Gasteiger partial charge in [-0.05, 0) is 18.6 Å². The van der Waals surface area contributed by atoms with Gasteiger partial charge in [0.25, 0.3) is 0 Å². The third-order valence-corrected chi connectivity index (χ3v) is 4.17. The van der Waals surface area contributed by atoms with Gasteiger partial charge in [-0.25, -0.2) is 13.4 Å². The number of pyridine rings is 1. The topological polar surface area (TPSA) is 50.3 Å². The molecule has 0 atom stereocenters. The molecule has 1 aromatic rings. The van der Waals surface area contributed by atoms with Gasteiger partial charge < -0.3 is 4.90 Å². The van der Waals surface area contributed by atoms with Crippen LogP contribution >= 0.6 is 0 Å². The summed E-state index contributed by atoms with van der Waals surface area (Å²) in [5.41, 5.74) is 1.11. The average Bonchev–Trinajstić information content (AvgIpc) is 2.33. The van der Waals surface area contributed by atoms with E-state index in [1.165, 1.54) is 0 Å². The van der Waals surface area contributed by atoms with Crippen molar-refractivity contribution in [2.75, 3.05) is 29.5 Å². The van der Waals surface area contributed by atoms with E-state index in [9.17, 15) is 8.42 Å². The van der Waals surface area contributed by atoms with Crippen LogP contribution in [0, 0.1) is 6.92 Å². The first-order chi connectivity index (χ1) is 8.07. The zero-order chi connectivity index (χ0) is 12.9. The van der Waals surface area contributed by atoms with Crippen molar-refractivity contribution in [2.45, 2.75) is 20.8 Å². The first-order valence-corrected chi connectivity index (χ1v) is 7.77. The lowest BCUT2D eigenvalue weighted by atomic mass is 10.3. The fourth-order valence-electron chi connectivity index (χ4n) is 1.59. The Morgan fingerprint density at radius 2 is 1.76 bits per heavy atom. The van der Waals surface area contributed by atoms with Gasteiger partial charge in [-0.3, -0.25) is 0 Å². The lowest BCUT2D eigenvalue weighted by Gasteiger charge is -2.27. The molecule has 1 aliphatic heterocycles. The van der Waals surface area contributed by atoms with E-state index in [4.69, 9.17) is 0 Å². The lowest BCUT2D eigenvalue weighted by Crippen LogP contribution is -2.40. The molecule has 5 heteroatoms. The highest BCUT2D eigenvalue weighted by Gasteiger charge is 2.21. The molecule has 1 aromatic heterocycles. The SMILES string of the molecule is CC.Cc1ccc(N2CCS(=O)(=O)CC2)nc1. The van der Waals surface area contributed by atoms with E-state index in [2.05, 4.69) is 4.98 Å². The second-order valence-electron chi connectivity index (χ2n) is 3.83. The number of nitrogens with zero attached hydrogens (tertiary/aromatic N) is 2. The van der Waals surface area contributed by atoms with Gasteiger partial charge in [-0.2, -0.15) is 0 Å². The molecule has 96 valence electrons. The Morgan fingerprint density at radius 3 is 2.24 bits per heavy atom. The molecule has 0 N–H and O–H groups in total. The highest BCUT2D eigenvalue weighted by atomic mass is 32.2. The predicted molar refractivity (Wildman–Crippen MR) is 71.2 cm³/mol. The fourth-order valence-corrected chi connectivity index (χ4v) is 2.79. The van der Waals surface area contributed by atoms with Crippen LogP contribution in [0.25, 0.3) is 0 Å². The molecule has 1 fully saturated rings. The van der Waals surface area contributed by atoms with Crippen LogP contribution in [-0.2, 0) is 9.84 Å². The highest BCUT2D eigenvalue weighted by Crippen LogP contribution is 2.14. The number of sulfone groups is 1. The number of aryl methyl sites for hydroxylation is 1. The molecule has 2 rings (SSSR count). The van der Waals surface area contributed by atoms with Crippen LogP contribution in [0.1, 0.15) is 19.4 Å². The smallest absolute Gasteiger partial charge is 0.153 e. The maximum Gasteiger partial charge on any atom is 0.153 e. The molecule has 17 heavy (non-hydrogen) atoms. The van der Waals surface area contributed by atoms with E-state index < -0.39 is 9.84 Å². The zero-order valence-corrected chi connectivity index (χ0v) is 11.5. The molecular formula is C12H20N2O2S. The third-order valence-electron chi connectivity index (χ3n) is 2.56. The molecule has 0 saturated carbocycles. The van der Waals surface area contributed by atoms with Gasteiger partial charge in [-0.15, -0.1) is 0 Å². The van der Waals surface area contributed by atoms with Crippen molar-refractivity contribution in [1.29, 1.82) is 0 Å². The Balaban J connectivity index is 0.000000686. The van der Waals surface area contributed by atoms with E-state index >= 15 is 0 Å². The second-order valence-corrected chi connectivity index (χ2v) is 6.14. The molecule has 0 aromatic carbocycles. The summed E-state index contributed by atoms with van der Waals surface area (Å²) < 4.78 is 22.5. The summed E-state index contributed by atoms with van der Waals surface area (Å²) in [5.74, 6) is 1.35. The minimum Gasteiger partial charge on any atom is -0.355 e. The Morgan fingerprint density at radius 1 is 1.18 bits per heavy atom. The first kappa shape index (κ1) is 14.0. The molecule has 0 unspecified atom stereocenters. The minimum atomic E-state index is -2.80. The monoisotopic (exact) mass is 256 g/mol. The predicted octanol–water partition coefficient (Wildman–Crippen LogP) is 1.65. The first-order valence-electron chi connectivity index (χ1n) is 5.95. The molecule has 1 saturated heterocycles. The highest BCUT2D eigenvalue weighted by molar-refractivity contribution is 7.91. The fraction of sp³-hybridized carbons (Fsp3) is 0.583. The van der Waals surface area contributed by atoms with Gasteiger partial charge >= 0.3 is 0 Å². The average molecular weight is 256 g/mol. The summed E-state index contributed by atoms with van der Waals surface area (Å²) in [6, 6.07) is 3.93. The molecule has 1 aliphatic rings. The standard InChI is InChI=1S/C10H14N2O2S.C2H6/c1-9-2-3-10(11-8-9)12-4-6-15(13,14)7-5-12;1-2/h2-3,8H,4-7H2,1H3;1-2H3. The molecule has 2 heterocycles. The Kier molecular flexibility index (Phi) is 4.93. The van der Waals surface area contributed by atoms with Crippen LogP contribution in [0.2, 0.25) is 0 Å². The summed E-state index contributed by atoms with van der Waals surface area (Å²) in [5, 5.41) is 0. The Hall–Kier alpha value is -1.10. The minimum absolute atomic E-state index is 0.239. The number of anilines is 1. The van der Waals surface area contributed by atoms with Crippen molar-refractivity contribution >= 4 is 15.7 Å². The van der Waals surface area contributed by atoms with Gasteiger partial charge in [0.15, 0.2) is 9.84 Å². The van der Waals surface area contributed by atoms with E-state index in [1.807, 2.05) is 37.8 Å². The normalized spacial score (nSPS) is 18.2. The number of hydrogen-bond acceptors (Lipinski definition) is 4. The maximum absolute atomic E-state index is 11.2. The summed E-state index contributed by atoms with van der Waals surface area (Å²) in [6.45, 7) is 7.09. The molecule has 0 amide bonds. The van der Waals surface area contributed by atoms with E-state index in [0.29, 0.717) is 13.1 Å². The quantitative estimate of drug-likeness (QED) is 0.766. The van der Waals surface area contributed by atoms with Crippen molar-refractivity contribution in [3.05, 3.63) is 23.9 Å². The van der Waals surface area contributed by atoms with E-state index in [1.54, 1.807) is 6.20 Å². The Labute approximate surface area is 104 Å². The molecule has 0 aliphatic carbocycles. The summed E-state index contributed by atoms with van der Waals surface area (Å²) in [4.78, 5) is 6.30. The third kappa shape index (κ3) is 4.00. The van der Waals surface area contributed by atoms with E-state index in [-0.39, 0.29) is 11.5 Å². The van der Waals surface area contributed by atoms with Crippen molar-refractivity contribution < 1.29 is 8.42 Å². The molecule has 0 spiro atoms. The van der Waals surface area contributed by atoms with Crippen LogP contribution in [-0.4, -0.2) is 38.0 Å². The number of aromatic nitrogens is 1. The largest absolute Gasteiger partial charge is 0.355 e. The molecular weight excluding hydrogens is 236 g/mol. The van der Waals surface area contributed by atoms with Crippen LogP contribution in [0.3, 0.4) is 0 Å². The van der Waals surface area contributed by atoms with Gasteiger partial charge in [0, 0.05) is 19.3 Å². The van der Waals surface area contributed by atoms with Crippen LogP contribution < -0.4 is 4.90 Å². The van der Waals surface area contributed by atoms with E-state index in [0.717, 1.165) is 11.4 Å². The van der Waals surface area contributed by atoms with Gasteiger partial charge in [0.1, 0.15) is 5.82 Å². The summed E-state index contributed by atoms with van der Waals surface area (Å²) >= 11 is 0. The second kappa shape index (κ2) is 6.00. The summed E-state index contributed by atoms with van der Waals surface area (Å²) in [7, 11) is -2.80. The molecule has 4 nitrogen and oxygen atoms in total. The van der Waals surface area contributed by atoms with Crippen LogP contribution in [0.4, 0.5) is 5.82 Å². The lowest BCUT2D eigenvalue weighted by molar-refractivity contribution is 0.586. The molecule has 0 bridgehead atoms. The van der Waals surface area contributed by atoms with Crippen molar-refractivity contribution in [2.24, 2.45) is 0 Å². The zero-order valence-electron chi connectivity index (χ0n) is 10.7. The van der Waals surface area contributed by atoms with Crippen LogP contribution in [0.5, 0.6) is 0 Å². The summed E-state index contributed by atoms with van der Waals surface area (Å²) in [6.07, 6.45) is 1.80. The van der Waals surface area contributed by atoms with Crippen molar-refractivity contribution in [3.8, 4) is 0 Å². The van der Waals surface area contributed by atoms with Gasteiger partial charge in [0.2, 0.25) is 0 Å². The number of rotatable bonds is 1. The van der Waals surface area contributed by atoms with Crippen molar-refractivity contribution in [3.63, 3.8) is 0 Å². The molecule has 0 radical (unpaired) electrons. The van der Waals surface area contributed by atoms with Gasteiger partial charge in [0.05, 0.1) is 11.5 Å². The van der Waals surface area contributed by atoms with Crippen molar-refractivity contribution in [1.82, 2.24) is 4.98 Å². The Bertz CT molecular complexity index is 426. The van der Waals surface area contributed by atoms with Gasteiger partial charge in [-0.1, -0.05) is 19.9 Å². The number of hydrogen-bond donors (Lipinski definition) is 0. The maximum atomic E-state index is 11.2. The van der Waals surface area contributed by atoms with Crippen LogP contribution in [0.15, 0.2) is 18.3 Å².